The van der Waals surface area contributed by atoms with Crippen LogP contribution >= 0.6 is 0 Å². The first-order chi connectivity index (χ1) is 8.42. The molecule has 18 heavy (non-hydrogen) atoms. The summed E-state index contributed by atoms with van der Waals surface area (Å²) in [6, 6.07) is 0. The molecule has 5 nitrogen and oxygen atoms in total. The molecule has 0 bridgehead atoms. The second-order valence-corrected chi connectivity index (χ2v) is 3.75. The second-order valence-electron chi connectivity index (χ2n) is 3.75. The summed E-state index contributed by atoms with van der Waals surface area (Å²) in [6.07, 6.45) is 6.73. The predicted octanol–water partition coefficient (Wildman–Crippen LogP) is 1.28. The Hall–Kier alpha value is -2.04. The van der Waals surface area contributed by atoms with Gasteiger partial charge in [0.15, 0.2) is 0 Å². The van der Waals surface area contributed by atoms with Crippen LogP contribution in [0.15, 0.2) is 35.6 Å². The molecule has 0 saturated carbocycles. The van der Waals surface area contributed by atoms with E-state index in [-0.39, 0.29) is 5.57 Å². The van der Waals surface area contributed by atoms with Crippen molar-refractivity contribution in [2.45, 2.75) is 6.92 Å². The Bertz CT molecular complexity index is 374. The minimum absolute atomic E-state index is 0.141. The van der Waals surface area contributed by atoms with Gasteiger partial charge in [-0.1, -0.05) is 6.08 Å². The number of methoxy groups -OCH3 is 2. The number of esters is 2. The normalized spacial score (nSPS) is 11.1. The lowest BCUT2D eigenvalue weighted by atomic mass is 10.2. The van der Waals surface area contributed by atoms with Crippen molar-refractivity contribution < 1.29 is 19.1 Å². The van der Waals surface area contributed by atoms with Crippen LogP contribution in [0, 0.1) is 0 Å². The highest BCUT2D eigenvalue weighted by atomic mass is 16.5. The number of carbonyl (C=O) groups is 2. The van der Waals surface area contributed by atoms with E-state index >= 15 is 0 Å². The number of hydrogen-bond donors (Lipinski definition) is 0. The van der Waals surface area contributed by atoms with Gasteiger partial charge < -0.3 is 14.4 Å². The number of hydrogen-bond acceptors (Lipinski definition) is 5. The van der Waals surface area contributed by atoms with Crippen LogP contribution in [0.25, 0.3) is 0 Å². The Morgan fingerprint density at radius 2 is 1.50 bits per heavy atom. The molecule has 0 N–H and O–H groups in total. The number of ether oxygens (including phenoxy) is 2. The first-order valence-corrected chi connectivity index (χ1v) is 5.32. The Morgan fingerprint density at radius 1 is 1.00 bits per heavy atom. The Labute approximate surface area is 107 Å². The van der Waals surface area contributed by atoms with Crippen LogP contribution < -0.4 is 0 Å². The largest absolute Gasteiger partial charge is 0.465 e. The third-order valence-corrected chi connectivity index (χ3v) is 1.96. The second kappa shape index (κ2) is 8.11. The molecule has 0 aromatic carbocycles. The molecule has 0 radical (unpaired) electrons. The Morgan fingerprint density at radius 3 is 1.89 bits per heavy atom. The summed E-state index contributed by atoms with van der Waals surface area (Å²) >= 11 is 0. The van der Waals surface area contributed by atoms with Gasteiger partial charge in [0.2, 0.25) is 0 Å². The smallest absolute Gasteiger partial charge is 0.345 e. The number of rotatable bonds is 5. The van der Waals surface area contributed by atoms with Crippen LogP contribution in [-0.4, -0.2) is 45.2 Å². The maximum Gasteiger partial charge on any atom is 0.345 e. The van der Waals surface area contributed by atoms with E-state index in [4.69, 9.17) is 0 Å². The fourth-order valence-corrected chi connectivity index (χ4v) is 0.976. The topological polar surface area (TPSA) is 55.8 Å². The molecule has 0 rings (SSSR count). The quantitative estimate of drug-likeness (QED) is 0.243. The third kappa shape index (κ3) is 5.89. The van der Waals surface area contributed by atoms with Gasteiger partial charge in [-0.3, -0.25) is 0 Å². The lowest BCUT2D eigenvalue weighted by Gasteiger charge is -2.03. The highest BCUT2D eigenvalue weighted by Gasteiger charge is 2.18. The minimum atomic E-state index is -0.720. The first-order valence-electron chi connectivity index (χ1n) is 5.32. The van der Waals surface area contributed by atoms with Gasteiger partial charge in [-0.25, -0.2) is 9.59 Å². The molecule has 0 amide bonds. The summed E-state index contributed by atoms with van der Waals surface area (Å²) < 4.78 is 9.00. The van der Waals surface area contributed by atoms with Crippen LogP contribution in [0.2, 0.25) is 0 Å². The lowest BCUT2D eigenvalue weighted by Crippen LogP contribution is -2.15. The van der Waals surface area contributed by atoms with E-state index in [1.54, 1.807) is 6.08 Å². The average Bonchev–Trinajstić information content (AvgIpc) is 2.35. The van der Waals surface area contributed by atoms with Crippen LogP contribution in [0.1, 0.15) is 6.92 Å². The minimum Gasteiger partial charge on any atom is -0.465 e. The maximum absolute atomic E-state index is 11.3. The molecule has 0 heterocycles. The van der Waals surface area contributed by atoms with E-state index in [0.29, 0.717) is 0 Å². The molecule has 0 aromatic heterocycles. The van der Waals surface area contributed by atoms with Crippen molar-refractivity contribution in [2.75, 3.05) is 28.3 Å². The molecular formula is C13H19NO4. The maximum atomic E-state index is 11.3. The van der Waals surface area contributed by atoms with E-state index < -0.39 is 11.9 Å². The van der Waals surface area contributed by atoms with Crippen LogP contribution in [0.3, 0.4) is 0 Å². The van der Waals surface area contributed by atoms with Gasteiger partial charge in [-0.2, -0.15) is 0 Å². The van der Waals surface area contributed by atoms with Crippen molar-refractivity contribution in [1.29, 1.82) is 0 Å². The van der Waals surface area contributed by atoms with Crippen LogP contribution in [0.4, 0.5) is 0 Å². The summed E-state index contributed by atoms with van der Waals surface area (Å²) in [4.78, 5) is 24.6. The van der Waals surface area contributed by atoms with Gasteiger partial charge in [0.05, 0.1) is 14.2 Å². The van der Waals surface area contributed by atoms with Crippen molar-refractivity contribution in [1.82, 2.24) is 4.90 Å². The number of carbonyl (C=O) groups excluding carboxylic acids is 2. The number of allylic oxidation sites excluding steroid dienone is 4. The van der Waals surface area contributed by atoms with Crippen molar-refractivity contribution in [3.05, 3.63) is 35.6 Å². The molecule has 100 valence electrons. The molecule has 0 atom stereocenters. The summed E-state index contributed by atoms with van der Waals surface area (Å²) in [5, 5.41) is 0. The van der Waals surface area contributed by atoms with Crippen molar-refractivity contribution in [3.8, 4) is 0 Å². The van der Waals surface area contributed by atoms with Crippen molar-refractivity contribution in [2.24, 2.45) is 0 Å². The molecule has 0 aliphatic heterocycles. The molecular weight excluding hydrogens is 234 g/mol. The lowest BCUT2D eigenvalue weighted by molar-refractivity contribution is -0.144. The summed E-state index contributed by atoms with van der Waals surface area (Å²) in [6.45, 7) is 1.85. The molecule has 0 saturated heterocycles. The SMILES string of the molecule is COC(=O)C(=CC=C(C)C=CN(C)C)C(=O)OC. The zero-order chi connectivity index (χ0) is 14.1. The molecule has 0 aliphatic rings. The van der Waals surface area contributed by atoms with Gasteiger partial charge in [-0.15, -0.1) is 0 Å². The van der Waals surface area contributed by atoms with Gasteiger partial charge >= 0.3 is 11.9 Å². The van der Waals surface area contributed by atoms with Crippen molar-refractivity contribution in [3.63, 3.8) is 0 Å². The molecule has 0 aliphatic carbocycles. The Balaban J connectivity index is 5.02. The van der Waals surface area contributed by atoms with Gasteiger partial charge in [0.25, 0.3) is 0 Å². The van der Waals surface area contributed by atoms with Crippen LogP contribution in [-0.2, 0) is 19.1 Å². The standard InChI is InChI=1S/C13H19NO4/c1-10(8-9-14(2)3)6-7-11(12(15)17-4)13(16)18-5/h6-9H,1-5H3. The van der Waals surface area contributed by atoms with E-state index in [2.05, 4.69) is 9.47 Å². The zero-order valence-electron chi connectivity index (χ0n) is 11.4. The van der Waals surface area contributed by atoms with E-state index in [0.717, 1.165) is 5.57 Å². The molecule has 0 unspecified atom stereocenters. The molecule has 0 fully saturated rings. The highest BCUT2D eigenvalue weighted by Crippen LogP contribution is 2.04. The first kappa shape index (κ1) is 16.0. The van der Waals surface area contributed by atoms with Gasteiger partial charge in [-0.05, 0) is 30.8 Å². The Kier molecular flexibility index (Phi) is 7.19. The summed E-state index contributed by atoms with van der Waals surface area (Å²) in [5.41, 5.74) is 0.742. The fourth-order valence-electron chi connectivity index (χ4n) is 0.976. The van der Waals surface area contributed by atoms with E-state index in [1.165, 1.54) is 20.3 Å². The zero-order valence-corrected chi connectivity index (χ0v) is 11.4. The average molecular weight is 253 g/mol. The van der Waals surface area contributed by atoms with Crippen LogP contribution in [0.5, 0.6) is 0 Å². The molecule has 0 aromatic rings. The van der Waals surface area contributed by atoms with E-state index in [9.17, 15) is 9.59 Å². The molecule has 5 heteroatoms. The van der Waals surface area contributed by atoms with Gasteiger partial charge in [0.1, 0.15) is 5.57 Å². The van der Waals surface area contributed by atoms with E-state index in [1.807, 2.05) is 38.2 Å². The predicted molar refractivity (Wildman–Crippen MR) is 68.7 cm³/mol. The summed E-state index contributed by atoms with van der Waals surface area (Å²) in [7, 11) is 6.21. The monoisotopic (exact) mass is 253 g/mol. The number of nitrogens with zero attached hydrogens (tertiary/aromatic N) is 1. The van der Waals surface area contributed by atoms with Crippen molar-refractivity contribution >= 4 is 11.9 Å². The van der Waals surface area contributed by atoms with Gasteiger partial charge in [0, 0.05) is 14.1 Å². The highest BCUT2D eigenvalue weighted by molar-refractivity contribution is 6.14. The summed E-state index contributed by atoms with van der Waals surface area (Å²) in [5.74, 6) is -1.44. The molecule has 0 spiro atoms. The third-order valence-electron chi connectivity index (χ3n) is 1.96. The fraction of sp³-hybridized carbons (Fsp3) is 0.385.